The Morgan fingerprint density at radius 3 is 2.33 bits per heavy atom. The lowest BCUT2D eigenvalue weighted by atomic mass is 10.0. The van der Waals surface area contributed by atoms with E-state index in [9.17, 15) is 33.3 Å². The van der Waals surface area contributed by atoms with Crippen LogP contribution in [0.2, 0.25) is 0 Å². The van der Waals surface area contributed by atoms with Gasteiger partial charge in [-0.25, -0.2) is 39.3 Å². The van der Waals surface area contributed by atoms with Crippen molar-refractivity contribution >= 4 is 42.8 Å². The number of phosphoric ester groups is 1. The molecular weight excluding hydrogens is 873 g/mol. The number of aryl methyl sites for hydroxylation is 2. The summed E-state index contributed by atoms with van der Waals surface area (Å²) in [6.45, 7) is 14.5. The van der Waals surface area contributed by atoms with Crippen molar-refractivity contribution in [1.29, 1.82) is 0 Å². The van der Waals surface area contributed by atoms with Crippen LogP contribution in [-0.4, -0.2) is 110 Å². The Morgan fingerprint density at radius 2 is 1.67 bits per heavy atom. The van der Waals surface area contributed by atoms with Crippen LogP contribution >= 0.6 is 7.82 Å². The number of H-pyrrole nitrogens is 2. The summed E-state index contributed by atoms with van der Waals surface area (Å²) in [5, 5.41) is 2.44. The summed E-state index contributed by atoms with van der Waals surface area (Å²) in [7, 11) is -5.02. The maximum Gasteiger partial charge on any atom is 0.475 e. The standard InChI is InChI=1S/C39H45F2N8O14P/c1-8-23-31(28(41)35(60-23)48-11-9-25(50)44-39(48)55)63-64(56,58-12-10-42-7)59-15-24-30(62-26(51)16-57-37(54)22-13-19(4)21(6)20(5)14-22)27(40)36(61-24)49-17-43-29-32(49)45-38(47-34(29)53)46-33(52)18(2)3/h9,11,13-14,17-18,23-24,27-28,30-31,35-36H,8,10,12,15-16H2,1-6H3,(H,44,50,55)(H2,45,46,47,52,53). The average Bonchev–Trinajstić information content (AvgIpc) is 3.90. The van der Waals surface area contributed by atoms with E-state index in [4.69, 9.17) is 39.1 Å². The monoisotopic (exact) mass is 918 g/mol. The fraction of sp³-hybridized carbons (Fsp3) is 0.513. The van der Waals surface area contributed by atoms with Gasteiger partial charge in [-0.15, -0.1) is 0 Å². The van der Waals surface area contributed by atoms with Gasteiger partial charge < -0.3 is 23.8 Å². The number of hydrogen-bond acceptors (Lipinski definition) is 16. The molecule has 2 fully saturated rings. The van der Waals surface area contributed by atoms with Gasteiger partial charge in [0.2, 0.25) is 18.4 Å². The van der Waals surface area contributed by atoms with Crippen molar-refractivity contribution in [2.45, 2.75) is 97.2 Å². The van der Waals surface area contributed by atoms with E-state index in [1.54, 1.807) is 46.8 Å². The molecule has 3 aromatic heterocycles. The number of aromatic nitrogens is 6. The summed E-state index contributed by atoms with van der Waals surface area (Å²) in [6, 6.07) is 4.10. The summed E-state index contributed by atoms with van der Waals surface area (Å²) in [6.07, 6.45) is -12.5. The number of nitrogens with one attached hydrogen (secondary N) is 3. The quantitative estimate of drug-likeness (QED) is 0.0594. The molecule has 344 valence electrons. The Kier molecular flexibility index (Phi) is 14.7. The molecule has 64 heavy (non-hydrogen) atoms. The van der Waals surface area contributed by atoms with Gasteiger partial charge in [-0.1, -0.05) is 20.8 Å². The van der Waals surface area contributed by atoms with Crippen LogP contribution in [-0.2, 0) is 46.7 Å². The van der Waals surface area contributed by atoms with Gasteiger partial charge in [0.1, 0.15) is 18.8 Å². The minimum atomic E-state index is -5.02. The second-order valence-electron chi connectivity index (χ2n) is 15.1. The minimum absolute atomic E-state index is 0.0447. The summed E-state index contributed by atoms with van der Waals surface area (Å²) >= 11 is 0. The average molecular weight is 919 g/mol. The largest absolute Gasteiger partial charge is 0.475 e. The number of esters is 2. The Balaban J connectivity index is 1.28. The van der Waals surface area contributed by atoms with Crippen LogP contribution in [0, 0.1) is 33.3 Å². The van der Waals surface area contributed by atoms with Gasteiger partial charge in [0.05, 0.1) is 24.6 Å². The molecule has 2 aliphatic rings. The summed E-state index contributed by atoms with van der Waals surface area (Å²) < 4.78 is 88.0. The third-order valence-electron chi connectivity index (χ3n) is 10.4. The Labute approximate surface area is 361 Å². The third-order valence-corrected chi connectivity index (χ3v) is 11.9. The topological polar surface area (TPSA) is 268 Å². The second-order valence-corrected chi connectivity index (χ2v) is 16.7. The van der Waals surface area contributed by atoms with Crippen molar-refractivity contribution in [3.63, 3.8) is 0 Å². The molecular formula is C39H45F2N8O14P. The van der Waals surface area contributed by atoms with Crippen LogP contribution in [0.25, 0.3) is 16.0 Å². The lowest BCUT2D eigenvalue weighted by molar-refractivity contribution is -0.158. The maximum atomic E-state index is 16.8. The number of anilines is 1. The number of imidazole rings is 1. The molecule has 0 saturated carbocycles. The molecule has 9 atom stereocenters. The van der Waals surface area contributed by atoms with Crippen LogP contribution in [0.15, 0.2) is 45.1 Å². The number of rotatable bonds is 17. The minimum Gasteiger partial charge on any atom is -0.454 e. The molecule has 0 aliphatic carbocycles. The zero-order valence-corrected chi connectivity index (χ0v) is 36.2. The highest BCUT2D eigenvalue weighted by Gasteiger charge is 2.53. The van der Waals surface area contributed by atoms with Gasteiger partial charge in [0, 0.05) is 18.2 Å². The third kappa shape index (κ3) is 10.4. The molecule has 0 radical (unpaired) electrons. The molecule has 1 amide bonds. The van der Waals surface area contributed by atoms with Crippen molar-refractivity contribution in [3.05, 3.63) is 95.6 Å². The van der Waals surface area contributed by atoms with Gasteiger partial charge in [-0.05, 0) is 56.0 Å². The van der Waals surface area contributed by atoms with Crippen molar-refractivity contribution in [3.8, 4) is 0 Å². The molecule has 0 bridgehead atoms. The molecule has 22 nitrogen and oxygen atoms in total. The fourth-order valence-corrected chi connectivity index (χ4v) is 8.16. The second kappa shape index (κ2) is 19.8. The van der Waals surface area contributed by atoms with E-state index in [1.807, 2.05) is 11.9 Å². The molecule has 1 aromatic carbocycles. The SMILES string of the molecule is [C-]#[N+]CCOP(=O)(OCC1OC(n2cnc3c(=O)[nH]c(NC(=O)C(C)C)nc32)C(F)C1OC(=O)COC(=O)c1cc(C)c(C)c(C)c1)OC1C(CC)OC(n2ccc(=O)[nH]c2=O)C1F. The number of alkyl halides is 2. The highest BCUT2D eigenvalue weighted by molar-refractivity contribution is 7.48. The number of amides is 1. The highest BCUT2D eigenvalue weighted by atomic mass is 31.2. The molecule has 2 aliphatic heterocycles. The molecule has 2 saturated heterocycles. The van der Waals surface area contributed by atoms with Crippen LogP contribution in [0.5, 0.6) is 0 Å². The van der Waals surface area contributed by atoms with Gasteiger partial charge >= 0.3 is 25.5 Å². The van der Waals surface area contributed by atoms with E-state index >= 15 is 8.78 Å². The van der Waals surface area contributed by atoms with Crippen molar-refractivity contribution in [2.75, 3.05) is 31.7 Å². The predicted octanol–water partition coefficient (Wildman–Crippen LogP) is 3.29. The van der Waals surface area contributed by atoms with Crippen LogP contribution in [0.3, 0.4) is 0 Å². The number of ether oxygens (including phenoxy) is 4. The van der Waals surface area contributed by atoms with E-state index < -0.39 is 117 Å². The number of carbonyl (C=O) groups is 3. The van der Waals surface area contributed by atoms with Crippen LogP contribution in [0.1, 0.15) is 66.7 Å². The molecule has 0 spiro atoms. The van der Waals surface area contributed by atoms with Crippen molar-refractivity contribution in [2.24, 2.45) is 5.92 Å². The van der Waals surface area contributed by atoms with E-state index in [1.165, 1.54) is 0 Å². The van der Waals surface area contributed by atoms with Crippen LogP contribution < -0.4 is 22.1 Å². The fourth-order valence-electron chi connectivity index (χ4n) is 6.78. The number of benzene rings is 1. The summed E-state index contributed by atoms with van der Waals surface area (Å²) in [5.74, 6) is -3.45. The number of carbonyl (C=O) groups excluding carboxylic acids is 3. The molecule has 9 unspecified atom stereocenters. The zero-order chi connectivity index (χ0) is 46.6. The summed E-state index contributed by atoms with van der Waals surface area (Å²) in [4.78, 5) is 91.4. The maximum absolute atomic E-state index is 16.8. The highest BCUT2D eigenvalue weighted by Crippen LogP contribution is 2.54. The van der Waals surface area contributed by atoms with E-state index in [2.05, 4.69) is 25.1 Å². The lowest BCUT2D eigenvalue weighted by Gasteiger charge is -2.26. The zero-order valence-electron chi connectivity index (χ0n) is 35.3. The molecule has 25 heteroatoms. The number of nitrogens with zero attached hydrogens (tertiary/aromatic N) is 5. The smallest absolute Gasteiger partial charge is 0.454 e. The Bertz CT molecular complexity index is 2660. The predicted molar refractivity (Wildman–Crippen MR) is 218 cm³/mol. The van der Waals surface area contributed by atoms with Crippen molar-refractivity contribution < 1.29 is 60.2 Å². The van der Waals surface area contributed by atoms with Gasteiger partial charge in [0.15, 0.2) is 48.7 Å². The Morgan fingerprint density at radius 1 is 1.00 bits per heavy atom. The van der Waals surface area contributed by atoms with E-state index in [-0.39, 0.29) is 35.6 Å². The number of phosphoric acid groups is 1. The normalized spacial score (nSPS) is 24.1. The number of hydrogen-bond donors (Lipinski definition) is 3. The first-order chi connectivity index (χ1) is 30.3. The number of fused-ring (bicyclic) bond motifs is 1. The number of aromatic amines is 2. The van der Waals surface area contributed by atoms with E-state index in [0.29, 0.717) is 0 Å². The Hall–Kier alpha value is -5.96. The van der Waals surface area contributed by atoms with Gasteiger partial charge in [-0.2, -0.15) is 4.98 Å². The molecule has 6 rings (SSSR count). The first-order valence-corrected chi connectivity index (χ1v) is 21.3. The van der Waals surface area contributed by atoms with Gasteiger partial charge in [-0.3, -0.25) is 52.4 Å². The number of halogens is 2. The molecule has 3 N–H and O–H groups in total. The summed E-state index contributed by atoms with van der Waals surface area (Å²) in [5.41, 5.74) is -0.458. The lowest BCUT2D eigenvalue weighted by Crippen LogP contribution is -2.38. The van der Waals surface area contributed by atoms with E-state index in [0.717, 1.165) is 44.4 Å². The first kappa shape index (κ1) is 47.5. The van der Waals surface area contributed by atoms with Crippen molar-refractivity contribution in [1.82, 2.24) is 29.1 Å². The van der Waals surface area contributed by atoms with Gasteiger partial charge in [0.25, 0.3) is 11.1 Å². The molecule has 5 heterocycles. The first-order valence-electron chi connectivity index (χ1n) is 19.9. The van der Waals surface area contributed by atoms with Crippen LogP contribution in [0.4, 0.5) is 14.7 Å². The molecule has 4 aromatic rings.